The number of amidine groups is 2. The van der Waals surface area contributed by atoms with E-state index in [9.17, 15) is 19.2 Å². The molecule has 0 saturated heterocycles. The number of amides is 3. The number of fused-ring (bicyclic) bond motifs is 2. The molecule has 0 spiro atoms. The molecule has 2 aliphatic rings. The van der Waals surface area contributed by atoms with Crippen LogP contribution < -0.4 is 16.6 Å². The minimum Gasteiger partial charge on any atom is -0.329 e. The number of imide groups is 1. The van der Waals surface area contributed by atoms with E-state index in [4.69, 9.17) is 0 Å². The van der Waals surface area contributed by atoms with Gasteiger partial charge in [0.25, 0.3) is 11.5 Å². The molecule has 2 N–H and O–H groups in total. The Kier molecular flexibility index (Phi) is 3.51. The highest BCUT2D eigenvalue weighted by Gasteiger charge is 2.32. The minimum atomic E-state index is -0.830. The van der Waals surface area contributed by atoms with Crippen molar-refractivity contribution in [1.29, 1.82) is 0 Å². The number of hydrogen-bond acceptors (Lipinski definition) is 7. The molecule has 27 heavy (non-hydrogen) atoms. The van der Waals surface area contributed by atoms with Gasteiger partial charge in [-0.1, -0.05) is 13.8 Å². The van der Waals surface area contributed by atoms with Gasteiger partial charge < -0.3 is 4.98 Å². The molecule has 0 bridgehead atoms. The van der Waals surface area contributed by atoms with Crippen LogP contribution in [0.15, 0.2) is 24.6 Å². The van der Waals surface area contributed by atoms with Crippen LogP contribution in [0.1, 0.15) is 19.7 Å². The third kappa shape index (κ3) is 2.53. The summed E-state index contributed by atoms with van der Waals surface area (Å²) >= 11 is 0. The molecule has 0 saturated carbocycles. The molecular formula is C15H14N8O4. The number of aromatic amines is 1. The lowest BCUT2D eigenvalue weighted by atomic mass is 10.2. The van der Waals surface area contributed by atoms with Gasteiger partial charge in [0.2, 0.25) is 0 Å². The summed E-state index contributed by atoms with van der Waals surface area (Å²) in [5.41, 5.74) is -0.845. The fourth-order valence-corrected chi connectivity index (χ4v) is 2.82. The topological polar surface area (TPSA) is 156 Å². The maximum absolute atomic E-state index is 12.5. The van der Waals surface area contributed by atoms with Gasteiger partial charge in [-0.3, -0.25) is 24.0 Å². The first kappa shape index (κ1) is 16.8. The molecule has 0 unspecified atom stereocenters. The number of nitrogens with one attached hydrogen (secondary N) is 2. The Morgan fingerprint density at radius 3 is 2.48 bits per heavy atom. The minimum absolute atomic E-state index is 0.00426. The van der Waals surface area contributed by atoms with Gasteiger partial charge >= 0.3 is 11.7 Å². The number of rotatable bonds is 3. The lowest BCUT2D eigenvalue weighted by Gasteiger charge is -2.10. The highest BCUT2D eigenvalue weighted by atomic mass is 16.2. The maximum Gasteiger partial charge on any atom is 0.350 e. The Hall–Kier alpha value is -3.70. The van der Waals surface area contributed by atoms with Crippen molar-refractivity contribution in [3.8, 4) is 0 Å². The van der Waals surface area contributed by atoms with E-state index in [1.165, 1.54) is 11.6 Å². The number of carbonyl (C=O) groups is 2. The van der Waals surface area contributed by atoms with Crippen molar-refractivity contribution in [3.05, 3.63) is 26.7 Å². The normalized spacial score (nSPS) is 16.4. The number of aliphatic imine (C=N–C) groups is 3. The van der Waals surface area contributed by atoms with Crippen LogP contribution in [0.25, 0.3) is 11.2 Å². The standard InChI is InChI=1S/C15H14N8O4/c1-5(2)4-23-11-7(13(25)22(3)15(23)27)17-10(19-11)9-16-6-8(18-9)20-14(26)21-12(6)24/h5H,4H2,1-3H3,(H,17,19)(H,21,24,26). The predicted molar refractivity (Wildman–Crippen MR) is 95.4 cm³/mol. The van der Waals surface area contributed by atoms with Crippen LogP contribution in [0.2, 0.25) is 0 Å². The summed E-state index contributed by atoms with van der Waals surface area (Å²) in [6.45, 7) is 4.23. The number of nitrogens with zero attached hydrogens (tertiary/aromatic N) is 6. The first-order valence-corrected chi connectivity index (χ1v) is 8.08. The summed E-state index contributed by atoms with van der Waals surface area (Å²) in [5, 5.41) is 2.01. The van der Waals surface area contributed by atoms with Crippen molar-refractivity contribution >= 4 is 40.5 Å². The van der Waals surface area contributed by atoms with Crippen LogP contribution in [0, 0.1) is 5.92 Å². The van der Waals surface area contributed by atoms with Crippen LogP contribution >= 0.6 is 0 Å². The zero-order valence-electron chi connectivity index (χ0n) is 14.6. The van der Waals surface area contributed by atoms with Crippen LogP contribution in [0.5, 0.6) is 0 Å². The van der Waals surface area contributed by atoms with E-state index in [1.807, 2.05) is 19.2 Å². The molecule has 138 valence electrons. The molecule has 4 rings (SSSR count). The molecule has 0 atom stereocenters. The maximum atomic E-state index is 12.5. The molecule has 0 fully saturated rings. The fourth-order valence-electron chi connectivity index (χ4n) is 2.82. The summed E-state index contributed by atoms with van der Waals surface area (Å²) < 4.78 is 2.38. The number of urea groups is 1. The van der Waals surface area contributed by atoms with Gasteiger partial charge in [0, 0.05) is 13.6 Å². The third-order valence-corrected chi connectivity index (χ3v) is 4.02. The van der Waals surface area contributed by atoms with Crippen LogP contribution in [-0.4, -0.2) is 48.4 Å². The van der Waals surface area contributed by atoms with E-state index in [1.54, 1.807) is 0 Å². The van der Waals surface area contributed by atoms with Crippen molar-refractivity contribution in [2.24, 2.45) is 27.9 Å². The van der Waals surface area contributed by atoms with Gasteiger partial charge in [-0.2, -0.15) is 4.99 Å². The highest BCUT2D eigenvalue weighted by Crippen LogP contribution is 2.13. The molecule has 4 heterocycles. The van der Waals surface area contributed by atoms with Crippen molar-refractivity contribution in [3.63, 3.8) is 0 Å². The highest BCUT2D eigenvalue weighted by molar-refractivity contribution is 6.72. The Bertz CT molecular complexity index is 1240. The first-order valence-electron chi connectivity index (χ1n) is 8.08. The lowest BCUT2D eigenvalue weighted by Crippen LogP contribution is -2.41. The zero-order valence-corrected chi connectivity index (χ0v) is 14.6. The summed E-state index contributed by atoms with van der Waals surface area (Å²) in [4.78, 5) is 66.8. The molecule has 0 aromatic carbocycles. The Labute approximate surface area is 150 Å². The van der Waals surface area contributed by atoms with E-state index >= 15 is 0 Å². The van der Waals surface area contributed by atoms with Crippen molar-refractivity contribution in [1.82, 2.24) is 24.4 Å². The van der Waals surface area contributed by atoms with Gasteiger partial charge in [-0.05, 0) is 5.92 Å². The quantitative estimate of drug-likeness (QED) is 0.703. The van der Waals surface area contributed by atoms with Gasteiger partial charge in [0.1, 0.15) is 5.52 Å². The second-order valence-electron chi connectivity index (χ2n) is 6.53. The fraction of sp³-hybridized carbons (Fsp3) is 0.333. The molecule has 2 aromatic rings. The van der Waals surface area contributed by atoms with Crippen molar-refractivity contribution in [2.75, 3.05) is 0 Å². The molecule has 12 heteroatoms. The van der Waals surface area contributed by atoms with Crippen molar-refractivity contribution < 1.29 is 9.59 Å². The van der Waals surface area contributed by atoms with E-state index in [0.29, 0.717) is 6.54 Å². The molecule has 2 aromatic heterocycles. The van der Waals surface area contributed by atoms with Crippen LogP contribution in [-0.2, 0) is 18.4 Å². The number of H-pyrrole nitrogens is 1. The summed E-state index contributed by atoms with van der Waals surface area (Å²) in [6.07, 6.45) is 0. The summed E-state index contributed by atoms with van der Waals surface area (Å²) in [5.74, 6) is -0.607. The number of aromatic nitrogens is 4. The Morgan fingerprint density at radius 2 is 1.78 bits per heavy atom. The van der Waals surface area contributed by atoms with Gasteiger partial charge in [-0.25, -0.2) is 24.6 Å². The van der Waals surface area contributed by atoms with Crippen molar-refractivity contribution in [2.45, 2.75) is 20.4 Å². The average molecular weight is 370 g/mol. The Morgan fingerprint density at radius 1 is 1.04 bits per heavy atom. The van der Waals surface area contributed by atoms with E-state index in [2.05, 4.69) is 24.9 Å². The summed E-state index contributed by atoms with van der Waals surface area (Å²) in [7, 11) is 1.38. The second-order valence-corrected chi connectivity index (χ2v) is 6.53. The molecular weight excluding hydrogens is 356 g/mol. The SMILES string of the molecule is CC(C)Cn1c(=O)n(C)c(=O)c2[nH]c(C3=NC4=NC(=O)NC(=O)C4=N3)nc21. The molecule has 0 aliphatic carbocycles. The smallest absolute Gasteiger partial charge is 0.329 e. The van der Waals surface area contributed by atoms with Gasteiger partial charge in [0.05, 0.1) is 0 Å². The van der Waals surface area contributed by atoms with Crippen LogP contribution in [0.4, 0.5) is 4.79 Å². The van der Waals surface area contributed by atoms with E-state index < -0.39 is 23.2 Å². The molecule has 3 amide bonds. The predicted octanol–water partition coefficient (Wildman–Crippen LogP) is -1.07. The second kappa shape index (κ2) is 5.65. The van der Waals surface area contributed by atoms with E-state index in [0.717, 1.165) is 4.57 Å². The molecule has 2 aliphatic heterocycles. The molecule has 0 radical (unpaired) electrons. The first-order chi connectivity index (χ1) is 12.8. The van der Waals surface area contributed by atoms with Crippen LogP contribution in [0.3, 0.4) is 0 Å². The molecule has 12 nitrogen and oxygen atoms in total. The van der Waals surface area contributed by atoms with Gasteiger partial charge in [0.15, 0.2) is 28.9 Å². The Balaban J connectivity index is 1.92. The number of imidazole rings is 1. The third-order valence-electron chi connectivity index (χ3n) is 4.02. The number of hydrogen-bond donors (Lipinski definition) is 2. The number of carbonyl (C=O) groups excluding carboxylic acids is 2. The largest absolute Gasteiger partial charge is 0.350 e. The van der Waals surface area contributed by atoms with E-state index in [-0.39, 0.29) is 40.3 Å². The summed E-state index contributed by atoms with van der Waals surface area (Å²) in [6, 6.07) is -0.830. The zero-order chi connectivity index (χ0) is 19.5. The monoisotopic (exact) mass is 370 g/mol. The average Bonchev–Trinajstić information content (AvgIpc) is 3.21. The lowest BCUT2D eigenvalue weighted by molar-refractivity contribution is -0.113. The van der Waals surface area contributed by atoms with Gasteiger partial charge in [-0.15, -0.1) is 0 Å².